The fraction of sp³-hybridized carbons (Fsp3) is 0.471. The number of hydrogen-bond donors (Lipinski definition) is 1. The number of carbonyl (C=O) groups is 1. The standard InChI is InChI=1S/C17H22N4O3/c1-21(11-16-19-15(20-24-16)9-10-23-2)14-8-7-12-5-3-4-6-13(12)18-17(14)22/h3-6,14H,7-11H2,1-2H3,(H,18,22). The highest BCUT2D eigenvalue weighted by atomic mass is 16.5. The third kappa shape index (κ3) is 3.80. The number of nitrogens with one attached hydrogen (secondary N) is 1. The van der Waals surface area contributed by atoms with E-state index < -0.39 is 0 Å². The monoisotopic (exact) mass is 330 g/mol. The zero-order valence-electron chi connectivity index (χ0n) is 14.0. The highest BCUT2D eigenvalue weighted by molar-refractivity contribution is 5.96. The predicted molar refractivity (Wildman–Crippen MR) is 88.5 cm³/mol. The van der Waals surface area contributed by atoms with Crippen LogP contribution < -0.4 is 5.32 Å². The van der Waals surface area contributed by atoms with Crippen molar-refractivity contribution in [2.24, 2.45) is 0 Å². The van der Waals surface area contributed by atoms with Crippen LogP contribution in [0.1, 0.15) is 23.7 Å². The summed E-state index contributed by atoms with van der Waals surface area (Å²) in [6.45, 7) is 0.993. The van der Waals surface area contributed by atoms with Crippen LogP contribution in [0.4, 0.5) is 5.69 Å². The van der Waals surface area contributed by atoms with E-state index in [0.29, 0.717) is 31.3 Å². The Labute approximate surface area is 141 Å². The number of carbonyl (C=O) groups excluding carboxylic acids is 1. The van der Waals surface area contributed by atoms with Gasteiger partial charge in [0.05, 0.1) is 19.2 Å². The summed E-state index contributed by atoms with van der Waals surface area (Å²) in [5.74, 6) is 1.14. The van der Waals surface area contributed by atoms with Crippen molar-refractivity contribution >= 4 is 11.6 Å². The summed E-state index contributed by atoms with van der Waals surface area (Å²) >= 11 is 0. The molecule has 0 fully saturated rings. The molecule has 7 nitrogen and oxygen atoms in total. The molecule has 1 atom stereocenters. The van der Waals surface area contributed by atoms with Crippen molar-refractivity contribution in [3.05, 3.63) is 41.5 Å². The van der Waals surface area contributed by atoms with E-state index in [4.69, 9.17) is 9.26 Å². The van der Waals surface area contributed by atoms with Gasteiger partial charge >= 0.3 is 0 Å². The molecule has 2 aromatic rings. The Morgan fingerprint density at radius 3 is 3.08 bits per heavy atom. The van der Waals surface area contributed by atoms with E-state index in [0.717, 1.165) is 18.5 Å². The summed E-state index contributed by atoms with van der Waals surface area (Å²) in [7, 11) is 3.54. The van der Waals surface area contributed by atoms with Gasteiger partial charge in [-0.05, 0) is 31.5 Å². The first-order valence-electron chi connectivity index (χ1n) is 8.07. The van der Waals surface area contributed by atoms with E-state index in [9.17, 15) is 4.79 Å². The van der Waals surface area contributed by atoms with Gasteiger partial charge in [0.2, 0.25) is 11.8 Å². The molecule has 0 saturated carbocycles. The van der Waals surface area contributed by atoms with Crippen molar-refractivity contribution in [1.29, 1.82) is 0 Å². The van der Waals surface area contributed by atoms with E-state index in [1.54, 1.807) is 7.11 Å². The maximum absolute atomic E-state index is 12.5. The van der Waals surface area contributed by atoms with Crippen molar-refractivity contribution in [2.75, 3.05) is 26.1 Å². The number of benzene rings is 1. The highest BCUT2D eigenvalue weighted by Crippen LogP contribution is 2.23. The second-order valence-corrected chi connectivity index (χ2v) is 5.96. The number of rotatable bonds is 6. The minimum absolute atomic E-state index is 0.00146. The molecule has 0 saturated heterocycles. The third-order valence-corrected chi connectivity index (χ3v) is 4.22. The fourth-order valence-electron chi connectivity index (χ4n) is 2.89. The quantitative estimate of drug-likeness (QED) is 0.867. The lowest BCUT2D eigenvalue weighted by Gasteiger charge is -2.23. The molecule has 7 heteroatoms. The number of aryl methyl sites for hydroxylation is 1. The maximum Gasteiger partial charge on any atom is 0.241 e. The molecular formula is C17H22N4O3. The molecule has 2 heterocycles. The molecule has 1 amide bonds. The average Bonchev–Trinajstić information content (AvgIpc) is 2.94. The summed E-state index contributed by atoms with van der Waals surface area (Å²) in [4.78, 5) is 18.8. The highest BCUT2D eigenvalue weighted by Gasteiger charge is 2.27. The number of hydrogen-bond acceptors (Lipinski definition) is 6. The number of nitrogens with zero attached hydrogens (tertiary/aromatic N) is 3. The number of likely N-dealkylation sites (N-methyl/N-ethyl adjacent to an activating group) is 1. The lowest BCUT2D eigenvalue weighted by Crippen LogP contribution is -2.40. The molecule has 0 radical (unpaired) electrons. The molecule has 0 aliphatic carbocycles. The Morgan fingerprint density at radius 2 is 2.25 bits per heavy atom. The SMILES string of the molecule is COCCc1noc(CN(C)C2CCc3ccccc3NC2=O)n1. The minimum atomic E-state index is -0.230. The van der Waals surface area contributed by atoms with Gasteiger partial charge in [0.1, 0.15) is 0 Å². The van der Waals surface area contributed by atoms with E-state index in [1.165, 1.54) is 5.56 Å². The van der Waals surface area contributed by atoms with Crippen LogP contribution in [0.5, 0.6) is 0 Å². The van der Waals surface area contributed by atoms with Crippen molar-refractivity contribution < 1.29 is 14.1 Å². The topological polar surface area (TPSA) is 80.5 Å². The molecule has 0 spiro atoms. The molecule has 1 aromatic heterocycles. The van der Waals surface area contributed by atoms with E-state index in [1.807, 2.05) is 30.1 Å². The molecule has 24 heavy (non-hydrogen) atoms. The maximum atomic E-state index is 12.5. The lowest BCUT2D eigenvalue weighted by molar-refractivity contribution is -0.121. The van der Waals surface area contributed by atoms with Crippen molar-refractivity contribution in [3.63, 3.8) is 0 Å². The smallest absolute Gasteiger partial charge is 0.241 e. The van der Waals surface area contributed by atoms with Gasteiger partial charge in [-0.25, -0.2) is 0 Å². The van der Waals surface area contributed by atoms with Crippen LogP contribution in [0.3, 0.4) is 0 Å². The van der Waals surface area contributed by atoms with Gasteiger partial charge in [-0.3, -0.25) is 9.69 Å². The second-order valence-electron chi connectivity index (χ2n) is 5.96. The van der Waals surface area contributed by atoms with Crippen LogP contribution >= 0.6 is 0 Å². The molecule has 1 aliphatic rings. The third-order valence-electron chi connectivity index (χ3n) is 4.22. The first kappa shape index (κ1) is 16.6. The van der Waals surface area contributed by atoms with Crippen molar-refractivity contribution in [2.45, 2.75) is 31.8 Å². The summed E-state index contributed by atoms with van der Waals surface area (Å²) in [5.41, 5.74) is 2.07. The van der Waals surface area contributed by atoms with Gasteiger partial charge in [0, 0.05) is 19.2 Å². The Kier molecular flexibility index (Phi) is 5.22. The number of amides is 1. The molecule has 1 aliphatic heterocycles. The predicted octanol–water partition coefficient (Wildman–Crippen LogP) is 1.64. The van der Waals surface area contributed by atoms with E-state index in [-0.39, 0.29) is 11.9 Å². The Morgan fingerprint density at radius 1 is 1.42 bits per heavy atom. The largest absolute Gasteiger partial charge is 0.384 e. The zero-order chi connectivity index (χ0) is 16.9. The second kappa shape index (κ2) is 7.55. The number of fused-ring (bicyclic) bond motifs is 1. The number of para-hydroxylation sites is 1. The Balaban J connectivity index is 1.63. The van der Waals surface area contributed by atoms with Gasteiger partial charge in [0.25, 0.3) is 0 Å². The van der Waals surface area contributed by atoms with Crippen LogP contribution in [-0.2, 0) is 28.9 Å². The van der Waals surface area contributed by atoms with Gasteiger partial charge in [-0.1, -0.05) is 23.4 Å². The number of anilines is 1. The normalized spacial score (nSPS) is 17.5. The summed E-state index contributed by atoms with van der Waals surface area (Å²) < 4.78 is 10.3. The van der Waals surface area contributed by atoms with Crippen LogP contribution in [0.15, 0.2) is 28.8 Å². The molecule has 3 rings (SSSR count). The van der Waals surface area contributed by atoms with Crippen LogP contribution in [0, 0.1) is 0 Å². The zero-order valence-corrected chi connectivity index (χ0v) is 14.0. The molecule has 1 aromatic carbocycles. The Hall–Kier alpha value is -2.25. The Bertz CT molecular complexity index is 701. The first-order valence-corrected chi connectivity index (χ1v) is 8.07. The van der Waals surface area contributed by atoms with E-state index in [2.05, 4.69) is 21.5 Å². The van der Waals surface area contributed by atoms with E-state index >= 15 is 0 Å². The summed E-state index contributed by atoms with van der Waals surface area (Å²) in [6.07, 6.45) is 2.22. The summed E-state index contributed by atoms with van der Waals surface area (Å²) in [5, 5.41) is 6.94. The number of aromatic nitrogens is 2. The molecule has 0 bridgehead atoms. The molecule has 128 valence electrons. The molecule has 1 unspecified atom stereocenters. The van der Waals surface area contributed by atoms with Gasteiger partial charge in [-0.2, -0.15) is 4.98 Å². The number of ether oxygens (including phenoxy) is 1. The molecule has 1 N–H and O–H groups in total. The first-order chi connectivity index (χ1) is 11.7. The minimum Gasteiger partial charge on any atom is -0.384 e. The fourth-order valence-corrected chi connectivity index (χ4v) is 2.89. The van der Waals surface area contributed by atoms with Gasteiger partial charge < -0.3 is 14.6 Å². The average molecular weight is 330 g/mol. The number of methoxy groups -OCH3 is 1. The van der Waals surface area contributed by atoms with Crippen LogP contribution in [0.25, 0.3) is 0 Å². The van der Waals surface area contributed by atoms with Crippen molar-refractivity contribution in [1.82, 2.24) is 15.0 Å². The van der Waals surface area contributed by atoms with Crippen LogP contribution in [0.2, 0.25) is 0 Å². The van der Waals surface area contributed by atoms with Crippen LogP contribution in [-0.4, -0.2) is 47.8 Å². The van der Waals surface area contributed by atoms with Crippen molar-refractivity contribution in [3.8, 4) is 0 Å². The van der Waals surface area contributed by atoms with Gasteiger partial charge in [-0.15, -0.1) is 0 Å². The van der Waals surface area contributed by atoms with Gasteiger partial charge in [0.15, 0.2) is 5.82 Å². The lowest BCUT2D eigenvalue weighted by atomic mass is 10.1. The molecular weight excluding hydrogens is 308 g/mol. The summed E-state index contributed by atoms with van der Waals surface area (Å²) in [6, 6.07) is 7.69.